The van der Waals surface area contributed by atoms with Crippen molar-refractivity contribution in [3.05, 3.63) is 64.4 Å². The van der Waals surface area contributed by atoms with Gasteiger partial charge in [0.15, 0.2) is 0 Å². The van der Waals surface area contributed by atoms with E-state index in [0.29, 0.717) is 19.6 Å². The first kappa shape index (κ1) is 21.9. The first-order valence-electron chi connectivity index (χ1n) is 9.98. The van der Waals surface area contributed by atoms with Gasteiger partial charge in [-0.25, -0.2) is 9.18 Å². The molecule has 6 nitrogen and oxygen atoms in total. The highest BCUT2D eigenvalue weighted by Crippen LogP contribution is 2.27. The number of hydrogen-bond donors (Lipinski definition) is 2. The Bertz CT molecular complexity index is 891. The third-order valence-corrected chi connectivity index (χ3v) is 5.60. The highest BCUT2D eigenvalue weighted by atomic mass is 35.5. The Balaban J connectivity index is 1.45. The van der Waals surface area contributed by atoms with Crippen molar-refractivity contribution in [1.29, 1.82) is 0 Å². The fraction of sp³-hybridized carbons (Fsp3) is 0.364. The van der Waals surface area contributed by atoms with Crippen LogP contribution in [0.4, 0.5) is 14.9 Å². The first-order valence-corrected chi connectivity index (χ1v) is 10.4. The summed E-state index contributed by atoms with van der Waals surface area (Å²) >= 11 is 6.24. The van der Waals surface area contributed by atoms with Crippen LogP contribution in [0.3, 0.4) is 0 Å². The average Bonchev–Trinajstić information content (AvgIpc) is 3.00. The molecule has 8 heteroatoms. The second-order valence-corrected chi connectivity index (χ2v) is 7.68. The Morgan fingerprint density at radius 2 is 1.80 bits per heavy atom. The van der Waals surface area contributed by atoms with Crippen LogP contribution in [0, 0.1) is 12.7 Å². The van der Waals surface area contributed by atoms with E-state index in [9.17, 15) is 14.0 Å². The summed E-state index contributed by atoms with van der Waals surface area (Å²) in [5, 5.41) is 6.00. The van der Waals surface area contributed by atoms with Gasteiger partial charge in [0.05, 0.1) is 6.54 Å². The number of hydrogen-bond acceptors (Lipinski definition) is 3. The zero-order chi connectivity index (χ0) is 21.5. The Labute approximate surface area is 181 Å². The van der Waals surface area contributed by atoms with E-state index >= 15 is 0 Å². The smallest absolute Gasteiger partial charge is 0.315 e. The third kappa shape index (κ3) is 5.86. The normalized spacial score (nSPS) is 14.2. The van der Waals surface area contributed by atoms with Crippen molar-refractivity contribution in [2.24, 2.45) is 0 Å². The Morgan fingerprint density at radius 1 is 1.03 bits per heavy atom. The van der Waals surface area contributed by atoms with Crippen LogP contribution in [0.1, 0.15) is 17.5 Å². The minimum absolute atomic E-state index is 0.0640. The van der Waals surface area contributed by atoms with Crippen LogP contribution in [0.25, 0.3) is 0 Å². The number of carbonyl (C=O) groups excluding carboxylic acids is 2. The molecule has 0 saturated carbocycles. The van der Waals surface area contributed by atoms with Gasteiger partial charge in [-0.2, -0.15) is 0 Å². The lowest BCUT2D eigenvalue weighted by Crippen LogP contribution is -2.44. The van der Waals surface area contributed by atoms with Crippen LogP contribution >= 0.6 is 11.6 Å². The third-order valence-electron chi connectivity index (χ3n) is 5.19. The molecule has 0 radical (unpaired) electrons. The van der Waals surface area contributed by atoms with E-state index in [2.05, 4.69) is 15.5 Å². The van der Waals surface area contributed by atoms with Gasteiger partial charge in [0.1, 0.15) is 5.82 Å². The molecular formula is C22H26ClFN4O2. The number of carbonyl (C=O) groups is 2. The van der Waals surface area contributed by atoms with Crippen LogP contribution < -0.4 is 15.5 Å². The fourth-order valence-electron chi connectivity index (χ4n) is 3.46. The van der Waals surface area contributed by atoms with Crippen LogP contribution in [0.5, 0.6) is 0 Å². The zero-order valence-electron chi connectivity index (χ0n) is 17.0. The molecule has 3 amide bonds. The molecule has 1 aliphatic heterocycles. The molecule has 0 aliphatic carbocycles. The molecule has 1 aliphatic rings. The Hall–Kier alpha value is -2.80. The van der Waals surface area contributed by atoms with Gasteiger partial charge in [-0.1, -0.05) is 29.8 Å². The summed E-state index contributed by atoms with van der Waals surface area (Å²) < 4.78 is 12.9. The molecule has 0 aromatic heterocycles. The number of amides is 3. The molecule has 2 N–H and O–H groups in total. The van der Waals surface area contributed by atoms with E-state index < -0.39 is 6.03 Å². The number of benzene rings is 2. The van der Waals surface area contributed by atoms with E-state index in [0.717, 1.165) is 34.8 Å². The maximum Gasteiger partial charge on any atom is 0.315 e. The summed E-state index contributed by atoms with van der Waals surface area (Å²) in [6, 6.07) is 11.3. The maximum absolute atomic E-state index is 12.9. The number of nitrogens with one attached hydrogen (secondary N) is 2. The zero-order valence-corrected chi connectivity index (χ0v) is 17.7. The highest BCUT2D eigenvalue weighted by molar-refractivity contribution is 6.31. The molecule has 3 rings (SSSR count). The van der Waals surface area contributed by atoms with E-state index in [1.54, 1.807) is 17.0 Å². The van der Waals surface area contributed by atoms with Crippen molar-refractivity contribution in [3.63, 3.8) is 0 Å². The SMILES string of the molecule is Cc1c(Cl)cccc1N1CCCN(C(=O)CNC(=O)NCc2ccc(F)cc2)CC1. The minimum Gasteiger partial charge on any atom is -0.369 e. The summed E-state index contributed by atoms with van der Waals surface area (Å²) in [5.41, 5.74) is 2.91. The number of halogens is 2. The van der Waals surface area contributed by atoms with Gasteiger partial charge in [-0.05, 0) is 48.7 Å². The molecule has 2 aromatic carbocycles. The summed E-state index contributed by atoms with van der Waals surface area (Å²) in [7, 11) is 0. The van der Waals surface area contributed by atoms with Gasteiger partial charge < -0.3 is 20.4 Å². The van der Waals surface area contributed by atoms with E-state index in [-0.39, 0.29) is 24.8 Å². The van der Waals surface area contributed by atoms with Gasteiger partial charge in [0.2, 0.25) is 5.91 Å². The lowest BCUT2D eigenvalue weighted by Gasteiger charge is -2.25. The molecule has 160 valence electrons. The second-order valence-electron chi connectivity index (χ2n) is 7.27. The quantitative estimate of drug-likeness (QED) is 0.761. The molecular weight excluding hydrogens is 407 g/mol. The van der Waals surface area contributed by atoms with Crippen molar-refractivity contribution >= 4 is 29.2 Å². The molecule has 0 bridgehead atoms. The van der Waals surface area contributed by atoms with E-state index in [1.807, 2.05) is 25.1 Å². The number of anilines is 1. The molecule has 2 aromatic rings. The number of urea groups is 1. The van der Waals surface area contributed by atoms with Crippen LogP contribution in [0.15, 0.2) is 42.5 Å². The fourth-order valence-corrected chi connectivity index (χ4v) is 3.63. The molecule has 0 atom stereocenters. The van der Waals surface area contributed by atoms with Crippen molar-refractivity contribution in [3.8, 4) is 0 Å². The summed E-state index contributed by atoms with van der Waals surface area (Å²) in [6.07, 6.45) is 0.842. The number of nitrogens with zero attached hydrogens (tertiary/aromatic N) is 2. The second kappa shape index (κ2) is 10.3. The van der Waals surface area contributed by atoms with Crippen molar-refractivity contribution in [2.45, 2.75) is 19.9 Å². The molecule has 30 heavy (non-hydrogen) atoms. The number of rotatable bonds is 5. The van der Waals surface area contributed by atoms with Crippen LogP contribution in [-0.4, -0.2) is 49.6 Å². The van der Waals surface area contributed by atoms with E-state index in [1.165, 1.54) is 12.1 Å². The largest absolute Gasteiger partial charge is 0.369 e. The van der Waals surface area contributed by atoms with E-state index in [4.69, 9.17) is 11.6 Å². The summed E-state index contributed by atoms with van der Waals surface area (Å²) in [4.78, 5) is 28.5. The summed E-state index contributed by atoms with van der Waals surface area (Å²) in [5.74, 6) is -0.438. The van der Waals surface area contributed by atoms with Gasteiger partial charge >= 0.3 is 6.03 Å². The molecule has 1 saturated heterocycles. The first-order chi connectivity index (χ1) is 14.4. The lowest BCUT2D eigenvalue weighted by atomic mass is 10.1. The van der Waals surface area contributed by atoms with Crippen molar-refractivity contribution in [1.82, 2.24) is 15.5 Å². The highest BCUT2D eigenvalue weighted by Gasteiger charge is 2.20. The topological polar surface area (TPSA) is 64.7 Å². The van der Waals surface area contributed by atoms with Crippen molar-refractivity contribution < 1.29 is 14.0 Å². The van der Waals surface area contributed by atoms with Gasteiger partial charge in [0.25, 0.3) is 0 Å². The lowest BCUT2D eigenvalue weighted by molar-refractivity contribution is -0.129. The molecule has 0 spiro atoms. The Morgan fingerprint density at radius 3 is 2.57 bits per heavy atom. The van der Waals surface area contributed by atoms with Gasteiger partial charge in [-0.3, -0.25) is 4.79 Å². The monoisotopic (exact) mass is 432 g/mol. The summed E-state index contributed by atoms with van der Waals surface area (Å²) in [6.45, 7) is 4.99. The van der Waals surface area contributed by atoms with Gasteiger partial charge in [-0.15, -0.1) is 0 Å². The minimum atomic E-state index is -0.432. The van der Waals surface area contributed by atoms with Crippen molar-refractivity contribution in [2.75, 3.05) is 37.6 Å². The predicted molar refractivity (Wildman–Crippen MR) is 116 cm³/mol. The van der Waals surface area contributed by atoms with Crippen LogP contribution in [0.2, 0.25) is 5.02 Å². The molecule has 1 fully saturated rings. The molecule has 0 unspecified atom stereocenters. The Kier molecular flexibility index (Phi) is 7.52. The molecule has 1 heterocycles. The van der Waals surface area contributed by atoms with Crippen LogP contribution in [-0.2, 0) is 11.3 Å². The predicted octanol–water partition coefficient (Wildman–Crippen LogP) is 3.33. The maximum atomic E-state index is 12.9. The average molecular weight is 433 g/mol. The standard InChI is InChI=1S/C22H26ClFN4O2/c1-16-19(23)4-2-5-20(16)27-10-3-11-28(13-12-27)21(29)15-26-22(30)25-14-17-6-8-18(24)9-7-17/h2,4-9H,3,10-15H2,1H3,(H2,25,26,30). The van der Waals surface area contributed by atoms with Gasteiger partial charge in [0, 0.05) is 43.4 Å².